The van der Waals surface area contributed by atoms with Crippen LogP contribution in [0.3, 0.4) is 0 Å². The number of halogens is 12. The van der Waals surface area contributed by atoms with Gasteiger partial charge in [-0.25, -0.2) is 52.7 Å². The maximum absolute atomic E-state index is 14.5. The Kier molecular flexibility index (Phi) is 45.2. The van der Waals surface area contributed by atoms with E-state index in [1.807, 2.05) is 0 Å². The molecule has 4 rings (SSSR count). The van der Waals surface area contributed by atoms with Gasteiger partial charge in [0, 0.05) is 103 Å². The van der Waals surface area contributed by atoms with Crippen LogP contribution in [0.2, 0.25) is 0 Å². The first-order valence-electron chi connectivity index (χ1n) is 38.4. The molecule has 5 N–H and O–H groups in total. The first kappa shape index (κ1) is 97.2. The van der Waals surface area contributed by atoms with Gasteiger partial charge in [-0.15, -0.1) is 0 Å². The molecule has 0 amide bonds. The van der Waals surface area contributed by atoms with E-state index in [1.54, 1.807) is 4.90 Å². The molecule has 0 unspecified atom stereocenters. The Morgan fingerprint density at radius 3 is 0.544 bits per heavy atom. The molecular weight excluding hydrogens is 1420 g/mol. The van der Waals surface area contributed by atoms with Crippen LogP contribution in [0.4, 0.5) is 52.7 Å². The second-order valence-electron chi connectivity index (χ2n) is 33.0. The number of phenolic OH excluding ortho intramolecular Hbond substituents is 4. The van der Waals surface area contributed by atoms with Gasteiger partial charge in [0.25, 0.3) is 0 Å². The molecule has 7 nitrogen and oxygen atoms in total. The number of benzene rings is 4. The van der Waals surface area contributed by atoms with Gasteiger partial charge in [-0.1, -0.05) is 277 Å². The number of nitrogens with one attached hydrogen (secondary N) is 1. The molecule has 20 heteroatoms. The van der Waals surface area contributed by atoms with E-state index in [2.05, 4.69) is 20.9 Å². The summed E-state index contributed by atoms with van der Waals surface area (Å²) in [7, 11) is 5.03. The third kappa shape index (κ3) is 32.1. The van der Waals surface area contributed by atoms with Crippen LogP contribution in [-0.2, 0) is 80.5 Å². The number of phenols is 4. The Hall–Kier alpha value is -3.78. The zero-order valence-corrected chi connectivity index (χ0v) is 69.0. The summed E-state index contributed by atoms with van der Waals surface area (Å²) in [6.07, 6.45) is 47.0. The maximum atomic E-state index is 14.5. The Morgan fingerprint density at radius 1 is 0.252 bits per heavy atom. The van der Waals surface area contributed by atoms with E-state index in [1.165, 1.54) is 316 Å². The summed E-state index contributed by atoms with van der Waals surface area (Å²) in [4.78, 5) is 4.06. The molecule has 0 aromatic heterocycles. The van der Waals surface area contributed by atoms with Gasteiger partial charge in [-0.05, 0) is 61.4 Å². The number of nitrogens with zero attached hydrogens (tertiary/aromatic N) is 2. The quantitative estimate of drug-likeness (QED) is 0.0173. The molecule has 4 aromatic rings. The van der Waals surface area contributed by atoms with E-state index in [4.69, 9.17) is 0 Å². The molecule has 0 saturated heterocycles. The molecule has 0 atom stereocenters. The Balaban J connectivity index is 0.000000772. The molecule has 1 radical (unpaired) electrons. The van der Waals surface area contributed by atoms with Gasteiger partial charge in [0.2, 0.25) is 0 Å². The average Bonchev–Trinajstić information content (AvgIpc) is 0.786. The normalized spacial score (nSPS) is 12.2. The molecule has 103 heavy (non-hydrogen) atoms. The topological polar surface area (TPSA) is 91.8 Å². The van der Waals surface area contributed by atoms with E-state index in [-0.39, 0.29) is 32.7 Å². The van der Waals surface area contributed by atoms with Gasteiger partial charge >= 0.3 is 0 Å². The van der Waals surface area contributed by atoms with Crippen LogP contribution >= 0.6 is 0 Å². The number of aromatic hydroxyl groups is 4. The van der Waals surface area contributed by atoms with Crippen LogP contribution in [-0.4, -0.2) is 64.5 Å². The summed E-state index contributed by atoms with van der Waals surface area (Å²) in [6.45, 7) is 23.2. The fraction of sp³-hybridized carbons (Fsp3) is 0.711. The fourth-order valence-corrected chi connectivity index (χ4v) is 13.4. The van der Waals surface area contributed by atoms with Gasteiger partial charge in [-0.2, -0.15) is 0 Å². The van der Waals surface area contributed by atoms with Crippen molar-refractivity contribution in [3.63, 3.8) is 0 Å². The Labute approximate surface area is 638 Å². The van der Waals surface area contributed by atoms with Crippen molar-refractivity contribution in [3.05, 3.63) is 114 Å². The summed E-state index contributed by atoms with van der Waals surface area (Å²) >= 11 is 0. The standard InChI is InChI=1S/C37H77N.2C23H27F6NO2.Y/c1-4-6-8-10-12-14-16-18-20-22-24-26-28-30-32-34-36-38(3)37-35-33-31-29-27-25-23-21-19-17-15-13-11-9-7-5-2;2*1-22(2,3)12-16(26)18(28)14(24)10(20(12)31)8-30(7)9-11-15(25)19(29)17(27)13(21(11)32)23(4,5)6;/h4-37H2,1-3H3;2*31-32H,8-9H2,1-7H3;/p+1. The minimum atomic E-state index is -1.77. The van der Waals surface area contributed by atoms with Crippen molar-refractivity contribution >= 4 is 0 Å². The van der Waals surface area contributed by atoms with Gasteiger partial charge in [-0.3, -0.25) is 9.80 Å². The molecule has 0 spiro atoms. The summed E-state index contributed by atoms with van der Waals surface area (Å²) in [6, 6.07) is 0. The molecule has 0 saturated carbocycles. The van der Waals surface area contributed by atoms with E-state index < -0.39 is 185 Å². The van der Waals surface area contributed by atoms with Crippen molar-refractivity contribution < 1.29 is 111 Å². The van der Waals surface area contributed by atoms with Crippen LogP contribution in [0.25, 0.3) is 0 Å². The van der Waals surface area contributed by atoms with E-state index in [0.29, 0.717) is 0 Å². The fourth-order valence-electron chi connectivity index (χ4n) is 13.4. The summed E-state index contributed by atoms with van der Waals surface area (Å²) in [5, 5.41) is 41.8. The largest absolute Gasteiger partial charge is 0.507 e. The molecular formula is C83H132F12N3O4Y+. The first-order chi connectivity index (χ1) is 47.6. The van der Waals surface area contributed by atoms with E-state index in [0.717, 1.165) is 9.80 Å². The van der Waals surface area contributed by atoms with Crippen LogP contribution in [0.1, 0.15) is 347 Å². The van der Waals surface area contributed by atoms with Crippen molar-refractivity contribution in [2.45, 2.75) is 350 Å². The van der Waals surface area contributed by atoms with Crippen molar-refractivity contribution in [1.29, 1.82) is 0 Å². The minimum absolute atomic E-state index is 0. The van der Waals surface area contributed by atoms with Gasteiger partial charge in [0.05, 0.1) is 20.1 Å². The molecule has 0 bridgehead atoms. The molecule has 4 aromatic carbocycles. The molecule has 0 fully saturated rings. The van der Waals surface area contributed by atoms with Crippen LogP contribution < -0.4 is 4.90 Å². The van der Waals surface area contributed by atoms with E-state index in [9.17, 15) is 73.1 Å². The van der Waals surface area contributed by atoms with Gasteiger partial charge in [0.15, 0.2) is 69.8 Å². The molecule has 589 valence electrons. The predicted octanol–water partition coefficient (Wildman–Crippen LogP) is 24.3. The molecule has 0 aliphatic rings. The third-order valence-electron chi connectivity index (χ3n) is 19.2. The number of unbranched alkanes of at least 4 members (excludes halogenated alkanes) is 30. The number of hydrogen-bond donors (Lipinski definition) is 5. The zero-order chi connectivity index (χ0) is 77.5. The molecule has 0 aliphatic heterocycles. The van der Waals surface area contributed by atoms with Crippen molar-refractivity contribution in [2.75, 3.05) is 34.2 Å². The van der Waals surface area contributed by atoms with Gasteiger partial charge in [0.1, 0.15) is 23.0 Å². The van der Waals surface area contributed by atoms with Crippen LogP contribution in [0, 0.1) is 69.8 Å². The predicted molar refractivity (Wildman–Crippen MR) is 393 cm³/mol. The van der Waals surface area contributed by atoms with Crippen molar-refractivity contribution in [2.24, 2.45) is 0 Å². The summed E-state index contributed by atoms with van der Waals surface area (Å²) in [5.74, 6) is -22.8. The van der Waals surface area contributed by atoms with Gasteiger partial charge < -0.3 is 25.3 Å². The molecule has 0 heterocycles. The minimum Gasteiger partial charge on any atom is -0.507 e. The van der Waals surface area contributed by atoms with Crippen molar-refractivity contribution in [1.82, 2.24) is 9.80 Å². The molecule has 0 aliphatic carbocycles. The average molecular weight is 1550 g/mol. The number of rotatable bonds is 42. The summed E-state index contributed by atoms with van der Waals surface area (Å²) in [5.41, 5.74) is -8.36. The van der Waals surface area contributed by atoms with E-state index >= 15 is 0 Å². The smallest absolute Gasteiger partial charge is 0.195 e. The number of hydrogen-bond acceptors (Lipinski definition) is 6. The van der Waals surface area contributed by atoms with Crippen LogP contribution in [0.15, 0.2) is 0 Å². The second kappa shape index (κ2) is 47.9. The zero-order valence-electron chi connectivity index (χ0n) is 66.2. The Bertz CT molecular complexity index is 2770. The van der Waals surface area contributed by atoms with Crippen molar-refractivity contribution in [3.8, 4) is 23.0 Å². The van der Waals surface area contributed by atoms with Crippen LogP contribution in [0.5, 0.6) is 23.0 Å². The SMILES string of the molecule is CCCCCCCCCCCCCCCCCC[NH+](C)CCCCCCCCCCCCCCCCCC.CN(Cc1c(O)c(C(C)(C)C)c(F)c(F)c1F)Cc1c(O)c(C(C)(C)C)c(F)c(F)c1F.CN(Cc1c(O)c(C(C)(C)C)c(F)c(F)c1F)Cc1c(O)c(C(C)(C)C)c(F)c(F)c1F.[Y]. The second-order valence-corrected chi connectivity index (χ2v) is 33.0. The monoisotopic (exact) mass is 1550 g/mol. The summed E-state index contributed by atoms with van der Waals surface area (Å²) < 4.78 is 172. The Morgan fingerprint density at radius 2 is 0.398 bits per heavy atom. The first-order valence-corrected chi connectivity index (χ1v) is 38.4. The maximum Gasteiger partial charge on any atom is 0.195 e. The third-order valence-corrected chi connectivity index (χ3v) is 19.2. The number of quaternary nitrogens is 1.